The van der Waals surface area contributed by atoms with Gasteiger partial charge >= 0.3 is 11.8 Å². The summed E-state index contributed by atoms with van der Waals surface area (Å²) in [4.78, 5) is 26.6. The van der Waals surface area contributed by atoms with Crippen molar-refractivity contribution in [1.29, 1.82) is 0 Å². The SMILES string of the molecule is CN(C(=O)C(=O)NC1CCN(S(C)(=O)=O)CC1)C1CCCc2ccccc21. The highest BCUT2D eigenvalue weighted by Crippen LogP contribution is 2.33. The number of nitrogens with one attached hydrogen (secondary N) is 1. The Labute approximate surface area is 160 Å². The number of sulfonamides is 1. The van der Waals surface area contributed by atoms with Gasteiger partial charge in [0.15, 0.2) is 0 Å². The van der Waals surface area contributed by atoms with Crippen molar-refractivity contribution in [2.75, 3.05) is 26.4 Å². The highest BCUT2D eigenvalue weighted by Gasteiger charge is 2.32. The van der Waals surface area contributed by atoms with Gasteiger partial charge in [-0.15, -0.1) is 0 Å². The minimum Gasteiger partial charge on any atom is -0.345 e. The predicted molar refractivity (Wildman–Crippen MR) is 102 cm³/mol. The number of hydrogen-bond donors (Lipinski definition) is 1. The molecule has 148 valence electrons. The number of benzene rings is 1. The summed E-state index contributed by atoms with van der Waals surface area (Å²) < 4.78 is 24.5. The molecule has 2 amide bonds. The normalized spacial score (nSPS) is 21.3. The predicted octanol–water partition coefficient (Wildman–Crippen LogP) is 1.06. The van der Waals surface area contributed by atoms with Crippen molar-refractivity contribution in [2.45, 2.75) is 44.2 Å². The second kappa shape index (κ2) is 7.98. The van der Waals surface area contributed by atoms with E-state index in [-0.39, 0.29) is 12.1 Å². The number of likely N-dealkylation sites (N-methyl/N-ethyl adjacent to an activating group) is 1. The van der Waals surface area contributed by atoms with Crippen molar-refractivity contribution in [3.05, 3.63) is 35.4 Å². The Bertz CT molecular complexity index is 816. The van der Waals surface area contributed by atoms with Gasteiger partial charge in [-0.2, -0.15) is 0 Å². The van der Waals surface area contributed by atoms with E-state index in [9.17, 15) is 18.0 Å². The molecule has 1 saturated heterocycles. The summed E-state index contributed by atoms with van der Waals surface area (Å²) in [5.74, 6) is -1.15. The van der Waals surface area contributed by atoms with Gasteiger partial charge in [0.2, 0.25) is 10.0 Å². The van der Waals surface area contributed by atoms with Gasteiger partial charge in [0.1, 0.15) is 0 Å². The summed E-state index contributed by atoms with van der Waals surface area (Å²) in [6.45, 7) is 0.730. The smallest absolute Gasteiger partial charge is 0.312 e. The standard InChI is InChI=1S/C19H27N3O4S/c1-21(17-9-5-7-14-6-3-4-8-16(14)17)19(24)18(23)20-15-10-12-22(13-11-15)27(2,25)26/h3-4,6,8,15,17H,5,7,9-13H2,1-2H3,(H,20,23). The Balaban J connectivity index is 1.59. The molecule has 0 bridgehead atoms. The molecule has 0 saturated carbocycles. The Kier molecular flexibility index (Phi) is 5.86. The van der Waals surface area contributed by atoms with Gasteiger partial charge in [0, 0.05) is 26.2 Å². The van der Waals surface area contributed by atoms with Gasteiger partial charge in [-0.25, -0.2) is 12.7 Å². The van der Waals surface area contributed by atoms with Crippen molar-refractivity contribution in [1.82, 2.24) is 14.5 Å². The molecule has 1 N–H and O–H groups in total. The maximum absolute atomic E-state index is 12.7. The van der Waals surface area contributed by atoms with E-state index >= 15 is 0 Å². The van der Waals surface area contributed by atoms with E-state index < -0.39 is 21.8 Å². The third kappa shape index (κ3) is 4.50. The first-order valence-corrected chi connectivity index (χ1v) is 11.2. The maximum atomic E-state index is 12.7. The van der Waals surface area contributed by atoms with Crippen LogP contribution in [0.25, 0.3) is 0 Å². The Hall–Kier alpha value is -1.93. The third-order valence-corrected chi connectivity index (χ3v) is 6.88. The molecule has 1 aliphatic heterocycles. The Morgan fingerprint density at radius 2 is 1.81 bits per heavy atom. The van der Waals surface area contributed by atoms with Crippen molar-refractivity contribution in [3.8, 4) is 0 Å². The van der Waals surface area contributed by atoms with Crippen LogP contribution < -0.4 is 5.32 Å². The van der Waals surface area contributed by atoms with Gasteiger partial charge < -0.3 is 10.2 Å². The molecule has 0 aromatic heterocycles. The monoisotopic (exact) mass is 393 g/mol. The average Bonchev–Trinajstić information content (AvgIpc) is 2.66. The molecule has 1 aliphatic carbocycles. The number of carbonyl (C=O) groups is 2. The second-order valence-corrected chi connectivity index (χ2v) is 9.42. The zero-order valence-corrected chi connectivity index (χ0v) is 16.7. The quantitative estimate of drug-likeness (QED) is 0.778. The summed E-state index contributed by atoms with van der Waals surface area (Å²) >= 11 is 0. The molecule has 1 aromatic rings. The molecular weight excluding hydrogens is 366 g/mol. The lowest BCUT2D eigenvalue weighted by Gasteiger charge is -2.34. The van der Waals surface area contributed by atoms with Crippen molar-refractivity contribution in [3.63, 3.8) is 0 Å². The minimum absolute atomic E-state index is 0.0831. The van der Waals surface area contributed by atoms with Gasteiger partial charge in [-0.3, -0.25) is 9.59 Å². The van der Waals surface area contributed by atoms with Gasteiger partial charge in [0.05, 0.1) is 12.3 Å². The highest BCUT2D eigenvalue weighted by molar-refractivity contribution is 7.88. The van der Waals surface area contributed by atoms with E-state index in [1.165, 1.54) is 16.1 Å². The van der Waals surface area contributed by atoms with Crippen LogP contribution in [0.5, 0.6) is 0 Å². The molecule has 0 spiro atoms. The lowest BCUT2D eigenvalue weighted by atomic mass is 9.87. The van der Waals surface area contributed by atoms with E-state index in [2.05, 4.69) is 11.4 Å². The van der Waals surface area contributed by atoms with E-state index in [0.29, 0.717) is 25.9 Å². The Morgan fingerprint density at radius 1 is 1.15 bits per heavy atom. The summed E-state index contributed by atoms with van der Waals surface area (Å²) in [6.07, 6.45) is 5.06. The van der Waals surface area contributed by atoms with E-state index in [1.54, 1.807) is 11.9 Å². The molecular formula is C19H27N3O4S. The summed E-state index contributed by atoms with van der Waals surface area (Å²) in [5.41, 5.74) is 2.36. The first kappa shape index (κ1) is 19.8. The third-order valence-electron chi connectivity index (χ3n) is 5.58. The molecule has 1 fully saturated rings. The fourth-order valence-electron chi connectivity index (χ4n) is 4.01. The van der Waals surface area contributed by atoms with Gasteiger partial charge in [-0.1, -0.05) is 24.3 Å². The van der Waals surface area contributed by atoms with Crippen LogP contribution in [0.2, 0.25) is 0 Å². The number of rotatable bonds is 3. The second-order valence-electron chi connectivity index (χ2n) is 7.43. The molecule has 2 aliphatic rings. The Morgan fingerprint density at radius 3 is 2.48 bits per heavy atom. The largest absolute Gasteiger partial charge is 0.345 e. The molecule has 1 unspecified atom stereocenters. The molecule has 1 atom stereocenters. The van der Waals surface area contributed by atoms with Crippen LogP contribution in [0.15, 0.2) is 24.3 Å². The van der Waals surface area contributed by atoms with Crippen LogP contribution in [-0.2, 0) is 26.0 Å². The zero-order valence-electron chi connectivity index (χ0n) is 15.8. The average molecular weight is 394 g/mol. The van der Waals surface area contributed by atoms with Crippen molar-refractivity contribution >= 4 is 21.8 Å². The number of nitrogens with zero attached hydrogens (tertiary/aromatic N) is 2. The topological polar surface area (TPSA) is 86.8 Å². The highest BCUT2D eigenvalue weighted by atomic mass is 32.2. The number of amides is 2. The number of hydrogen-bond acceptors (Lipinski definition) is 4. The number of piperidine rings is 1. The van der Waals surface area contributed by atoms with E-state index in [1.807, 2.05) is 18.2 Å². The molecule has 0 radical (unpaired) electrons. The zero-order chi connectivity index (χ0) is 19.6. The van der Waals surface area contributed by atoms with Crippen LogP contribution in [0, 0.1) is 0 Å². The van der Waals surface area contributed by atoms with Gasteiger partial charge in [0.25, 0.3) is 0 Å². The molecule has 27 heavy (non-hydrogen) atoms. The fraction of sp³-hybridized carbons (Fsp3) is 0.579. The summed E-state index contributed by atoms with van der Waals surface area (Å²) in [6, 6.07) is 7.81. The first-order chi connectivity index (χ1) is 12.8. The molecule has 3 rings (SSSR count). The molecule has 8 heteroatoms. The lowest BCUT2D eigenvalue weighted by Crippen LogP contribution is -2.50. The maximum Gasteiger partial charge on any atom is 0.312 e. The molecule has 7 nitrogen and oxygen atoms in total. The number of carbonyl (C=O) groups excluding carboxylic acids is 2. The van der Waals surface area contributed by atoms with Gasteiger partial charge in [-0.05, 0) is 43.2 Å². The van der Waals surface area contributed by atoms with Crippen molar-refractivity contribution in [2.24, 2.45) is 0 Å². The first-order valence-electron chi connectivity index (χ1n) is 9.38. The lowest BCUT2D eigenvalue weighted by molar-refractivity contribution is -0.147. The molecule has 1 heterocycles. The molecule has 1 aromatic carbocycles. The van der Waals surface area contributed by atoms with Crippen LogP contribution >= 0.6 is 0 Å². The number of fused-ring (bicyclic) bond motifs is 1. The fourth-order valence-corrected chi connectivity index (χ4v) is 4.89. The van der Waals surface area contributed by atoms with Crippen molar-refractivity contribution < 1.29 is 18.0 Å². The van der Waals surface area contributed by atoms with Crippen LogP contribution in [0.1, 0.15) is 42.9 Å². The van der Waals surface area contributed by atoms with E-state index in [4.69, 9.17) is 0 Å². The summed E-state index contributed by atoms with van der Waals surface area (Å²) in [7, 11) is -1.52. The van der Waals surface area contributed by atoms with E-state index in [0.717, 1.165) is 24.8 Å². The summed E-state index contributed by atoms with van der Waals surface area (Å²) in [5, 5.41) is 2.78. The number of aryl methyl sites for hydroxylation is 1. The van der Waals surface area contributed by atoms with Crippen LogP contribution in [-0.4, -0.2) is 61.9 Å². The van der Waals surface area contributed by atoms with Crippen LogP contribution in [0.3, 0.4) is 0 Å². The van der Waals surface area contributed by atoms with Crippen LogP contribution in [0.4, 0.5) is 0 Å². The minimum atomic E-state index is -3.21.